The largest absolute Gasteiger partial charge is 0.480 e. The van der Waals surface area contributed by atoms with Gasteiger partial charge in [-0.3, -0.25) is 14.5 Å². The summed E-state index contributed by atoms with van der Waals surface area (Å²) in [5, 5.41) is 11.7. The Bertz CT molecular complexity index is 2140. The summed E-state index contributed by atoms with van der Waals surface area (Å²) >= 11 is 7.71. The first-order chi connectivity index (χ1) is 22.3. The minimum Gasteiger partial charge on any atom is -0.480 e. The van der Waals surface area contributed by atoms with Gasteiger partial charge in [-0.2, -0.15) is 0 Å². The number of nitrogens with zero attached hydrogens (tertiary/aromatic N) is 3. The number of hydrogen-bond acceptors (Lipinski definition) is 6. The van der Waals surface area contributed by atoms with Crippen molar-refractivity contribution < 1.29 is 14.7 Å². The highest BCUT2D eigenvalue weighted by molar-refractivity contribution is 8.26. The molecule has 1 aromatic heterocycles. The Morgan fingerprint density at radius 2 is 1.74 bits per heavy atom. The number of aromatic nitrogens is 1. The van der Waals surface area contributed by atoms with Gasteiger partial charge in [-0.1, -0.05) is 54.7 Å². The molecule has 2 radical (unpaired) electrons. The third-order valence-corrected chi connectivity index (χ3v) is 11.5. The average molecular weight is 660 g/mol. The van der Waals surface area contributed by atoms with Gasteiger partial charge < -0.3 is 14.6 Å². The molecule has 2 atom stereocenters. The minimum absolute atomic E-state index is 0.279. The van der Waals surface area contributed by atoms with Gasteiger partial charge in [0, 0.05) is 63.3 Å². The van der Waals surface area contributed by atoms with Crippen molar-refractivity contribution in [1.29, 1.82) is 0 Å². The second-order valence-electron chi connectivity index (χ2n) is 12.1. The number of fused-ring (bicyclic) bond motifs is 6. The lowest BCUT2D eigenvalue weighted by atomic mass is 9.96. The van der Waals surface area contributed by atoms with E-state index in [4.69, 9.17) is 18.5 Å². The molecular weight excluding hydrogens is 631 g/mol. The maximum absolute atomic E-state index is 12.9. The molecule has 3 aliphatic rings. The van der Waals surface area contributed by atoms with Crippen LogP contribution in [0.5, 0.6) is 0 Å². The number of carboxylic acid groups (broad SMARTS) is 1. The second-order valence-corrected chi connectivity index (χ2v) is 14.5. The lowest BCUT2D eigenvalue weighted by Gasteiger charge is -2.27. The summed E-state index contributed by atoms with van der Waals surface area (Å²) in [5.41, 5.74) is 9.36. The fraction of sp³-hybridized carbons (Fsp3) is 0.189. The Labute approximate surface area is 281 Å². The number of thioether (sulfide) groups is 2. The number of hydrogen-bond donors (Lipinski definition) is 1. The Morgan fingerprint density at radius 1 is 1.00 bits per heavy atom. The van der Waals surface area contributed by atoms with Gasteiger partial charge in [0.15, 0.2) is 0 Å². The number of thiocarbonyl (C=S) groups is 1. The molecule has 5 aromatic rings. The van der Waals surface area contributed by atoms with E-state index in [-0.39, 0.29) is 10.2 Å². The van der Waals surface area contributed by atoms with Gasteiger partial charge in [0.25, 0.3) is 5.91 Å². The van der Waals surface area contributed by atoms with E-state index in [0.29, 0.717) is 16.9 Å². The predicted octanol–water partition coefficient (Wildman–Crippen LogP) is 8.83. The molecule has 4 aromatic carbocycles. The first kappa shape index (κ1) is 29.4. The van der Waals surface area contributed by atoms with Crippen molar-refractivity contribution in [2.75, 3.05) is 11.4 Å². The smallest absolute Gasteiger partial charge is 0.323 e. The van der Waals surface area contributed by atoms with Crippen LogP contribution < -0.4 is 4.90 Å². The molecule has 1 amide bonds. The number of carboxylic acids is 1. The highest BCUT2D eigenvalue weighted by Crippen LogP contribution is 2.53. The van der Waals surface area contributed by atoms with E-state index in [1.165, 1.54) is 62.5 Å². The van der Waals surface area contributed by atoms with Gasteiger partial charge in [0.05, 0.1) is 4.91 Å². The number of aliphatic carboxylic acids is 1. The number of anilines is 2. The van der Waals surface area contributed by atoms with E-state index in [9.17, 15) is 14.7 Å². The zero-order chi connectivity index (χ0) is 31.7. The number of benzene rings is 4. The summed E-state index contributed by atoms with van der Waals surface area (Å²) in [4.78, 5) is 29.3. The predicted molar refractivity (Wildman–Crippen MR) is 192 cm³/mol. The zero-order valence-electron chi connectivity index (χ0n) is 25.0. The summed E-state index contributed by atoms with van der Waals surface area (Å²) < 4.78 is 2.55. The minimum atomic E-state index is -1.08. The molecular formula is C37H29N3O3S3. The summed E-state index contributed by atoms with van der Waals surface area (Å²) in [6.07, 6.45) is 11.0. The number of rotatable bonds is 6. The van der Waals surface area contributed by atoms with Crippen molar-refractivity contribution >= 4 is 91.2 Å². The van der Waals surface area contributed by atoms with Gasteiger partial charge in [-0.15, -0.1) is 11.8 Å². The van der Waals surface area contributed by atoms with Crippen LogP contribution in [0.1, 0.15) is 36.3 Å². The summed E-state index contributed by atoms with van der Waals surface area (Å²) in [5.74, 6) is -1.02. The van der Waals surface area contributed by atoms with Gasteiger partial charge >= 0.3 is 5.97 Å². The van der Waals surface area contributed by atoms with Crippen molar-refractivity contribution in [3.05, 3.63) is 101 Å². The summed E-state index contributed by atoms with van der Waals surface area (Å²) in [6.45, 7) is -0.422. The summed E-state index contributed by atoms with van der Waals surface area (Å²) in [6, 6.07) is 28.7. The lowest BCUT2D eigenvalue weighted by molar-refractivity contribution is -0.140. The monoisotopic (exact) mass is 659 g/mol. The highest BCUT2D eigenvalue weighted by Gasteiger charge is 2.42. The SMILES string of the molecule is [CH]Sc1ccc(-c2ccc3c(c2)c2cc(N4c5ccc(/C=C6\SC(=S)N(CC(=O)O)C6=O)cc5C5CCCC54)ccc2n3C)cc1. The molecule has 2 aliphatic heterocycles. The molecule has 9 heteroatoms. The van der Waals surface area contributed by atoms with Crippen molar-refractivity contribution in [3.8, 4) is 11.1 Å². The lowest BCUT2D eigenvalue weighted by Crippen LogP contribution is -2.33. The molecule has 2 fully saturated rings. The van der Waals surface area contributed by atoms with Crippen LogP contribution in [0.4, 0.5) is 11.4 Å². The molecule has 8 rings (SSSR count). The molecule has 0 bridgehead atoms. The van der Waals surface area contributed by atoms with Crippen LogP contribution in [-0.4, -0.2) is 43.4 Å². The van der Waals surface area contributed by atoms with Crippen LogP contribution >= 0.6 is 35.7 Å². The Hall–Kier alpha value is -4.05. The number of amides is 1. The van der Waals surface area contributed by atoms with Crippen LogP contribution in [0.3, 0.4) is 0 Å². The topological polar surface area (TPSA) is 65.8 Å². The molecule has 1 aliphatic carbocycles. The normalized spacial score (nSPS) is 20.0. The van der Waals surface area contributed by atoms with Gasteiger partial charge in [-0.05, 0) is 95.8 Å². The van der Waals surface area contributed by atoms with Crippen LogP contribution in [0.2, 0.25) is 0 Å². The quantitative estimate of drug-likeness (QED) is 0.111. The fourth-order valence-corrected chi connectivity index (χ4v) is 9.03. The second kappa shape index (κ2) is 11.3. The third-order valence-electron chi connectivity index (χ3n) is 9.58. The molecule has 1 N–H and O–H groups in total. The van der Waals surface area contributed by atoms with E-state index in [2.05, 4.69) is 89.3 Å². The molecule has 1 saturated carbocycles. The van der Waals surface area contributed by atoms with Crippen molar-refractivity contribution in [2.45, 2.75) is 36.1 Å². The molecule has 46 heavy (non-hydrogen) atoms. The van der Waals surface area contributed by atoms with Gasteiger partial charge in [-0.25, -0.2) is 0 Å². The maximum Gasteiger partial charge on any atom is 0.323 e. The van der Waals surface area contributed by atoms with Crippen molar-refractivity contribution in [3.63, 3.8) is 0 Å². The Morgan fingerprint density at radius 3 is 2.50 bits per heavy atom. The number of carbonyl (C=O) groups excluding carboxylic acids is 1. The fourth-order valence-electron chi connectivity index (χ4n) is 7.49. The van der Waals surface area contributed by atoms with Crippen LogP contribution in [0, 0.1) is 6.26 Å². The first-order valence-corrected chi connectivity index (χ1v) is 17.3. The summed E-state index contributed by atoms with van der Waals surface area (Å²) in [7, 11) is 2.13. The van der Waals surface area contributed by atoms with E-state index < -0.39 is 12.5 Å². The Kier molecular flexibility index (Phi) is 7.23. The number of carbonyl (C=O) groups is 2. The van der Waals surface area contributed by atoms with E-state index >= 15 is 0 Å². The van der Waals surface area contributed by atoms with E-state index in [1.807, 2.05) is 12.1 Å². The Balaban J connectivity index is 1.18. The van der Waals surface area contributed by atoms with Gasteiger partial charge in [0.1, 0.15) is 10.9 Å². The van der Waals surface area contributed by atoms with Crippen molar-refractivity contribution in [1.82, 2.24) is 9.47 Å². The van der Waals surface area contributed by atoms with Crippen LogP contribution in [0.15, 0.2) is 88.7 Å². The molecule has 3 heterocycles. The third kappa shape index (κ3) is 4.75. The first-order valence-electron chi connectivity index (χ1n) is 15.2. The number of aryl methyl sites for hydroxylation is 1. The van der Waals surface area contributed by atoms with Crippen LogP contribution in [0.25, 0.3) is 39.0 Å². The molecule has 0 spiro atoms. The molecule has 2 unspecified atom stereocenters. The zero-order valence-corrected chi connectivity index (χ0v) is 27.4. The molecule has 228 valence electrons. The average Bonchev–Trinajstić information content (AvgIpc) is 3.79. The van der Waals surface area contributed by atoms with Crippen molar-refractivity contribution in [2.24, 2.45) is 7.05 Å². The molecule has 1 saturated heterocycles. The van der Waals surface area contributed by atoms with E-state index in [1.54, 1.807) is 0 Å². The maximum atomic E-state index is 12.9. The highest BCUT2D eigenvalue weighted by atomic mass is 32.2. The molecule has 6 nitrogen and oxygen atoms in total. The van der Waals surface area contributed by atoms with Crippen LogP contribution in [-0.2, 0) is 16.6 Å². The van der Waals surface area contributed by atoms with Gasteiger partial charge in [0.2, 0.25) is 0 Å². The van der Waals surface area contributed by atoms with E-state index in [0.717, 1.165) is 45.5 Å². The standard InChI is InChI=1S/C37H29N3O3S3/c1-38-30-14-9-23(22-7-11-25(45-2)12-8-22)18-28(30)29-19-24(10-15-31(29)38)40-32-5-3-4-26(32)27-16-21(6-13-33(27)40)17-34-36(43)39(20-35(41)42)37(44)46-34/h2,6-19,26,32H,3-5,20H2,1H3,(H,41,42)/b34-17-.